The van der Waals surface area contributed by atoms with Crippen LogP contribution in [0, 0.1) is 6.92 Å². The van der Waals surface area contributed by atoms with E-state index in [1.807, 2.05) is 0 Å². The molecule has 1 aromatic carbocycles. The van der Waals surface area contributed by atoms with Crippen molar-refractivity contribution in [2.24, 2.45) is 0 Å². The fourth-order valence-corrected chi connectivity index (χ4v) is 4.13. The Labute approximate surface area is 114 Å². The van der Waals surface area contributed by atoms with Crippen LogP contribution in [0.5, 0.6) is 0 Å². The number of benzene rings is 1. The van der Waals surface area contributed by atoms with E-state index in [-0.39, 0.29) is 0 Å². The van der Waals surface area contributed by atoms with Gasteiger partial charge < -0.3 is 4.90 Å². The lowest BCUT2D eigenvalue weighted by Gasteiger charge is -2.31. The fourth-order valence-electron chi connectivity index (χ4n) is 2.66. The number of hydrogen-bond acceptors (Lipinski definition) is 1. The number of halogens is 2. The molecule has 94 valence electrons. The number of aryl methyl sites for hydroxylation is 1. The van der Waals surface area contributed by atoms with E-state index in [1.165, 1.54) is 24.1 Å². The summed E-state index contributed by atoms with van der Waals surface area (Å²) in [7, 11) is 0. The van der Waals surface area contributed by atoms with Gasteiger partial charge in [0.1, 0.15) is 6.63 Å². The second kappa shape index (κ2) is 5.34. The van der Waals surface area contributed by atoms with Crippen molar-refractivity contribution in [1.29, 1.82) is 0 Å². The molecular weight excluding hydrogens is 272 g/mol. The second-order valence-electron chi connectivity index (χ2n) is 4.91. The molecule has 2 rings (SSSR count). The molecule has 1 aliphatic rings. The van der Waals surface area contributed by atoms with Gasteiger partial charge in [0.25, 0.3) is 0 Å². The zero-order chi connectivity index (χ0) is 12.6. The van der Waals surface area contributed by atoms with Gasteiger partial charge in [-0.3, -0.25) is 0 Å². The van der Waals surface area contributed by atoms with Crippen molar-refractivity contribution in [3.8, 4) is 0 Å². The Hall–Kier alpha value is 0.0300. The van der Waals surface area contributed by atoms with Crippen LogP contribution in [0.4, 0.5) is 5.69 Å². The highest BCUT2D eigenvalue weighted by atomic mass is 35.9. The Kier molecular flexibility index (Phi) is 4.23. The third kappa shape index (κ3) is 2.72. The highest BCUT2D eigenvalue weighted by molar-refractivity contribution is 8.09. The van der Waals surface area contributed by atoms with Gasteiger partial charge in [-0.05, 0) is 45.7 Å². The molecule has 0 bridgehead atoms. The maximum atomic E-state index is 6.16. The van der Waals surface area contributed by atoms with Crippen molar-refractivity contribution < 1.29 is 0 Å². The molecule has 0 aromatic heterocycles. The molecule has 1 saturated heterocycles. The molecular formula is C13H18Cl2NP. The van der Waals surface area contributed by atoms with Gasteiger partial charge in [-0.2, -0.15) is 0 Å². The molecule has 1 heterocycles. The first-order valence-electron chi connectivity index (χ1n) is 6.01. The summed E-state index contributed by atoms with van der Waals surface area (Å²) in [5.74, 6) is 0. The van der Waals surface area contributed by atoms with Crippen LogP contribution in [0.25, 0.3) is 0 Å². The van der Waals surface area contributed by atoms with E-state index in [2.05, 4.69) is 43.9 Å². The highest BCUT2D eigenvalue weighted by Gasteiger charge is 2.29. The summed E-state index contributed by atoms with van der Waals surface area (Å²) in [4.78, 5) is 2.47. The number of hydrogen-bond donors (Lipinski definition) is 0. The Morgan fingerprint density at radius 3 is 2.29 bits per heavy atom. The van der Waals surface area contributed by atoms with E-state index in [4.69, 9.17) is 22.5 Å². The minimum Gasteiger partial charge on any atom is -0.366 e. The summed E-state index contributed by atoms with van der Waals surface area (Å²) >= 11 is 12.3. The van der Waals surface area contributed by atoms with Crippen molar-refractivity contribution in [1.82, 2.24) is 0 Å². The fraction of sp³-hybridized carbons (Fsp3) is 0.538. The molecule has 1 unspecified atom stereocenters. The van der Waals surface area contributed by atoms with Crippen LogP contribution >= 0.6 is 29.1 Å². The maximum Gasteiger partial charge on any atom is 0.119 e. The molecule has 1 aromatic rings. The van der Waals surface area contributed by atoms with Crippen molar-refractivity contribution in [3.05, 3.63) is 23.8 Å². The van der Waals surface area contributed by atoms with Crippen molar-refractivity contribution in [2.45, 2.75) is 45.7 Å². The van der Waals surface area contributed by atoms with Gasteiger partial charge >= 0.3 is 0 Å². The zero-order valence-electron chi connectivity index (χ0n) is 10.5. The van der Waals surface area contributed by atoms with Crippen LogP contribution < -0.4 is 10.2 Å². The smallest absolute Gasteiger partial charge is 0.119 e. The predicted molar refractivity (Wildman–Crippen MR) is 80.1 cm³/mol. The number of anilines is 1. The van der Waals surface area contributed by atoms with E-state index in [9.17, 15) is 0 Å². The van der Waals surface area contributed by atoms with Crippen LogP contribution in [-0.2, 0) is 0 Å². The summed E-state index contributed by atoms with van der Waals surface area (Å²) in [6, 6.07) is 7.59. The average molecular weight is 290 g/mol. The number of nitrogens with zero attached hydrogens (tertiary/aromatic N) is 1. The third-order valence-electron chi connectivity index (χ3n) is 3.54. The Bertz CT molecular complexity index is 398. The molecule has 0 aliphatic carbocycles. The van der Waals surface area contributed by atoms with Crippen LogP contribution in [0.1, 0.15) is 32.3 Å². The summed E-state index contributed by atoms with van der Waals surface area (Å²) in [6.07, 6.45) is 2.49. The van der Waals surface area contributed by atoms with Gasteiger partial charge in [0.05, 0.1) is 0 Å². The molecule has 1 fully saturated rings. The molecule has 0 radical (unpaired) electrons. The second-order valence-corrected chi connectivity index (χ2v) is 8.40. The molecule has 17 heavy (non-hydrogen) atoms. The van der Waals surface area contributed by atoms with Crippen molar-refractivity contribution in [2.75, 3.05) is 4.90 Å². The lowest BCUT2D eigenvalue weighted by molar-refractivity contribution is 0.696. The zero-order valence-corrected chi connectivity index (χ0v) is 12.9. The normalized spacial score (nSPS) is 24.7. The van der Waals surface area contributed by atoms with Crippen molar-refractivity contribution in [3.63, 3.8) is 0 Å². The third-order valence-corrected chi connectivity index (χ3v) is 5.36. The Morgan fingerprint density at radius 2 is 1.76 bits per heavy atom. The van der Waals surface area contributed by atoms with Gasteiger partial charge in [-0.1, -0.05) is 34.1 Å². The van der Waals surface area contributed by atoms with Crippen LogP contribution in [-0.4, -0.2) is 12.1 Å². The lowest BCUT2D eigenvalue weighted by atomic mass is 10.2. The SMILES string of the molecule is Cc1ccc(N2C(C)CC[C@@H]2C)c(P(Cl)Cl)c1. The monoisotopic (exact) mass is 289 g/mol. The number of rotatable bonds is 2. The lowest BCUT2D eigenvalue weighted by Crippen LogP contribution is -2.35. The Balaban J connectivity index is 2.43. The summed E-state index contributed by atoms with van der Waals surface area (Å²) in [5.41, 5.74) is 2.45. The van der Waals surface area contributed by atoms with Gasteiger partial charge in [-0.15, -0.1) is 0 Å². The average Bonchev–Trinajstić information content (AvgIpc) is 2.59. The molecule has 4 heteroatoms. The van der Waals surface area contributed by atoms with E-state index in [1.54, 1.807) is 0 Å². The van der Waals surface area contributed by atoms with E-state index >= 15 is 0 Å². The first-order valence-corrected chi connectivity index (χ1v) is 9.16. The summed E-state index contributed by atoms with van der Waals surface area (Å²) in [5, 5.41) is 1.10. The van der Waals surface area contributed by atoms with E-state index in [0.717, 1.165) is 5.30 Å². The first-order chi connectivity index (χ1) is 8.00. The molecule has 0 amide bonds. The van der Waals surface area contributed by atoms with Gasteiger partial charge in [0, 0.05) is 23.1 Å². The largest absolute Gasteiger partial charge is 0.366 e. The minimum absolute atomic E-state index is 0.578. The molecule has 1 nitrogen and oxygen atoms in total. The van der Waals surface area contributed by atoms with Crippen molar-refractivity contribution >= 4 is 40.1 Å². The predicted octanol–water partition coefficient (Wildman–Crippen LogP) is 4.79. The van der Waals surface area contributed by atoms with Gasteiger partial charge in [-0.25, -0.2) is 0 Å². The molecule has 1 aliphatic heterocycles. The Morgan fingerprint density at radius 1 is 1.18 bits per heavy atom. The summed E-state index contributed by atoms with van der Waals surface area (Å²) in [6.45, 7) is 5.55. The van der Waals surface area contributed by atoms with E-state index in [0.29, 0.717) is 12.1 Å². The highest BCUT2D eigenvalue weighted by Crippen LogP contribution is 2.49. The van der Waals surface area contributed by atoms with E-state index < -0.39 is 6.63 Å². The molecule has 0 saturated carbocycles. The maximum absolute atomic E-state index is 6.16. The molecule has 2 atom stereocenters. The van der Waals surface area contributed by atoms with Gasteiger partial charge in [0.2, 0.25) is 0 Å². The first kappa shape index (κ1) is 13.5. The van der Waals surface area contributed by atoms with Crippen LogP contribution in [0.2, 0.25) is 0 Å². The van der Waals surface area contributed by atoms with Crippen LogP contribution in [0.3, 0.4) is 0 Å². The quantitative estimate of drug-likeness (QED) is 0.708. The minimum atomic E-state index is -1.08. The summed E-state index contributed by atoms with van der Waals surface area (Å²) < 4.78 is 0. The topological polar surface area (TPSA) is 3.24 Å². The molecule has 0 spiro atoms. The standard InChI is InChI=1S/C13H18Cl2NP/c1-9-4-7-12(13(8-9)17(14)15)16-10(2)5-6-11(16)3/h4,7-8,10-11H,5-6H2,1-3H3/t10-,11?/m0/s1. The van der Waals surface area contributed by atoms with Crippen LogP contribution in [0.15, 0.2) is 18.2 Å². The molecule has 0 N–H and O–H groups in total. The van der Waals surface area contributed by atoms with Gasteiger partial charge in [0.15, 0.2) is 0 Å².